The molecular weight excluding hydrogens is 264 g/mol. The van der Waals surface area contributed by atoms with Crippen molar-refractivity contribution >= 4 is 0 Å². The van der Waals surface area contributed by atoms with Gasteiger partial charge in [-0.3, -0.25) is 5.84 Å². The molecule has 1 aromatic rings. The van der Waals surface area contributed by atoms with E-state index in [-0.39, 0.29) is 11.6 Å². The summed E-state index contributed by atoms with van der Waals surface area (Å²) in [6.45, 7) is 4.94. The van der Waals surface area contributed by atoms with Gasteiger partial charge in [0.2, 0.25) is 0 Å². The summed E-state index contributed by atoms with van der Waals surface area (Å²) >= 11 is 0. The molecule has 2 rings (SSSR count). The third kappa shape index (κ3) is 3.39. The van der Waals surface area contributed by atoms with Crippen LogP contribution in [0, 0.1) is 5.92 Å². The highest BCUT2D eigenvalue weighted by atomic mass is 16.5. The van der Waals surface area contributed by atoms with Gasteiger partial charge in [0.1, 0.15) is 5.75 Å². The zero-order chi connectivity index (χ0) is 15.3. The number of para-hydroxylation sites is 1. The van der Waals surface area contributed by atoms with E-state index in [0.717, 1.165) is 30.1 Å². The second kappa shape index (κ2) is 7.25. The Bertz CT molecular complexity index is 442. The predicted octanol–water partition coefficient (Wildman–Crippen LogP) is 3.19. The molecule has 1 fully saturated rings. The van der Waals surface area contributed by atoms with Crippen molar-refractivity contribution in [1.82, 2.24) is 5.43 Å². The summed E-state index contributed by atoms with van der Waals surface area (Å²) in [5.41, 5.74) is 3.81. The Morgan fingerprint density at radius 3 is 2.57 bits per heavy atom. The Balaban J connectivity index is 2.33. The molecule has 1 atom stereocenters. The average Bonchev–Trinajstić information content (AvgIpc) is 2.52. The van der Waals surface area contributed by atoms with Gasteiger partial charge in [-0.2, -0.15) is 0 Å². The normalized spacial score (nSPS) is 27.3. The number of nitrogens with two attached hydrogens (primary N) is 1. The van der Waals surface area contributed by atoms with Crippen molar-refractivity contribution < 1.29 is 9.47 Å². The number of rotatable bonds is 6. The van der Waals surface area contributed by atoms with Crippen LogP contribution in [0.4, 0.5) is 0 Å². The number of nitrogens with one attached hydrogen (secondary N) is 1. The maximum atomic E-state index is 5.97. The summed E-state index contributed by atoms with van der Waals surface area (Å²) < 4.78 is 11.7. The molecule has 0 heterocycles. The number of hydrazine groups is 1. The molecule has 0 spiro atoms. The molecule has 1 aromatic carbocycles. The third-order valence-corrected chi connectivity index (χ3v) is 4.75. The van der Waals surface area contributed by atoms with Crippen LogP contribution in [-0.4, -0.2) is 19.3 Å². The van der Waals surface area contributed by atoms with Crippen molar-refractivity contribution in [3.8, 4) is 5.75 Å². The molecule has 4 nitrogen and oxygen atoms in total. The van der Waals surface area contributed by atoms with Crippen LogP contribution in [0.2, 0.25) is 0 Å². The largest absolute Gasteiger partial charge is 0.494 e. The fourth-order valence-corrected chi connectivity index (χ4v) is 3.39. The van der Waals surface area contributed by atoms with Crippen molar-refractivity contribution in [2.45, 2.75) is 51.2 Å². The first-order valence-corrected chi connectivity index (χ1v) is 7.90. The fraction of sp³-hybridized carbons (Fsp3) is 0.647. The lowest BCUT2D eigenvalue weighted by atomic mass is 9.73. The molecule has 1 aliphatic rings. The van der Waals surface area contributed by atoms with Gasteiger partial charge in [0, 0.05) is 12.7 Å². The Morgan fingerprint density at radius 2 is 2.00 bits per heavy atom. The second-order valence-electron chi connectivity index (χ2n) is 6.02. The van der Waals surface area contributed by atoms with Crippen molar-refractivity contribution in [2.24, 2.45) is 11.8 Å². The van der Waals surface area contributed by atoms with E-state index in [2.05, 4.69) is 18.4 Å². The van der Waals surface area contributed by atoms with E-state index in [1.165, 1.54) is 12.8 Å². The molecule has 118 valence electrons. The molecular formula is C17H28N2O2. The smallest absolute Gasteiger partial charge is 0.124 e. The molecule has 21 heavy (non-hydrogen) atoms. The first-order chi connectivity index (χ1) is 10.2. The standard InChI is InChI=1S/C17H28N2O2/c1-4-21-15-8-6-5-7-14(15)16(19-18)17(20-3)11-9-13(2)10-12-17/h5-8,13,16,19H,4,9-12,18H2,1-3H3. The van der Waals surface area contributed by atoms with Crippen LogP contribution in [0.25, 0.3) is 0 Å². The van der Waals surface area contributed by atoms with E-state index >= 15 is 0 Å². The van der Waals surface area contributed by atoms with Gasteiger partial charge in [-0.25, -0.2) is 5.43 Å². The number of methoxy groups -OCH3 is 1. The van der Waals surface area contributed by atoms with Gasteiger partial charge in [-0.05, 0) is 44.6 Å². The van der Waals surface area contributed by atoms with Crippen molar-refractivity contribution in [1.29, 1.82) is 0 Å². The van der Waals surface area contributed by atoms with Crippen LogP contribution in [-0.2, 0) is 4.74 Å². The van der Waals surface area contributed by atoms with E-state index in [4.69, 9.17) is 15.3 Å². The van der Waals surface area contributed by atoms with Crippen LogP contribution < -0.4 is 16.0 Å². The third-order valence-electron chi connectivity index (χ3n) is 4.75. The maximum absolute atomic E-state index is 5.97. The summed E-state index contributed by atoms with van der Waals surface area (Å²) in [7, 11) is 1.80. The lowest BCUT2D eigenvalue weighted by Gasteiger charge is -2.44. The minimum atomic E-state index is -0.255. The van der Waals surface area contributed by atoms with E-state index in [1.807, 2.05) is 25.1 Å². The first kappa shape index (κ1) is 16.3. The highest BCUT2D eigenvalue weighted by molar-refractivity contribution is 5.37. The summed E-state index contributed by atoms with van der Waals surface area (Å²) in [4.78, 5) is 0. The monoisotopic (exact) mass is 292 g/mol. The maximum Gasteiger partial charge on any atom is 0.124 e. The van der Waals surface area contributed by atoms with Gasteiger partial charge in [-0.15, -0.1) is 0 Å². The molecule has 0 radical (unpaired) electrons. The minimum Gasteiger partial charge on any atom is -0.494 e. The van der Waals surface area contributed by atoms with Gasteiger partial charge in [-0.1, -0.05) is 25.1 Å². The number of benzene rings is 1. The summed E-state index contributed by atoms with van der Waals surface area (Å²) in [5, 5.41) is 0. The topological polar surface area (TPSA) is 56.5 Å². The summed E-state index contributed by atoms with van der Waals surface area (Å²) in [6.07, 6.45) is 4.37. The molecule has 0 saturated heterocycles. The van der Waals surface area contributed by atoms with Gasteiger partial charge in [0.25, 0.3) is 0 Å². The van der Waals surface area contributed by atoms with Crippen LogP contribution in [0.3, 0.4) is 0 Å². The van der Waals surface area contributed by atoms with Crippen LogP contribution in [0.15, 0.2) is 24.3 Å². The zero-order valence-corrected chi connectivity index (χ0v) is 13.4. The highest BCUT2D eigenvalue weighted by Crippen LogP contribution is 2.44. The summed E-state index contributed by atoms with van der Waals surface area (Å²) in [5.74, 6) is 7.56. The van der Waals surface area contributed by atoms with E-state index in [0.29, 0.717) is 6.61 Å². The Hall–Kier alpha value is -1.10. The molecule has 4 heteroatoms. The zero-order valence-electron chi connectivity index (χ0n) is 13.4. The van der Waals surface area contributed by atoms with Gasteiger partial charge in [0.05, 0.1) is 18.2 Å². The van der Waals surface area contributed by atoms with E-state index in [1.54, 1.807) is 7.11 Å². The Labute approximate surface area is 128 Å². The molecule has 1 aliphatic carbocycles. The molecule has 0 aromatic heterocycles. The van der Waals surface area contributed by atoms with Crippen molar-refractivity contribution in [3.05, 3.63) is 29.8 Å². The number of hydrogen-bond acceptors (Lipinski definition) is 4. The molecule has 3 N–H and O–H groups in total. The number of ether oxygens (including phenoxy) is 2. The summed E-state index contributed by atoms with van der Waals surface area (Å²) in [6, 6.07) is 8.03. The molecule has 1 saturated carbocycles. The Kier molecular flexibility index (Phi) is 5.62. The molecule has 1 unspecified atom stereocenters. The average molecular weight is 292 g/mol. The minimum absolute atomic E-state index is 0.0576. The number of hydrogen-bond donors (Lipinski definition) is 2. The van der Waals surface area contributed by atoms with Gasteiger partial charge >= 0.3 is 0 Å². The molecule has 0 bridgehead atoms. The van der Waals surface area contributed by atoms with Crippen LogP contribution >= 0.6 is 0 Å². The van der Waals surface area contributed by atoms with E-state index in [9.17, 15) is 0 Å². The van der Waals surface area contributed by atoms with Gasteiger partial charge < -0.3 is 9.47 Å². The second-order valence-corrected chi connectivity index (χ2v) is 6.02. The van der Waals surface area contributed by atoms with Crippen LogP contribution in [0.1, 0.15) is 51.1 Å². The lowest BCUT2D eigenvalue weighted by molar-refractivity contribution is -0.0766. The molecule has 0 amide bonds. The van der Waals surface area contributed by atoms with E-state index < -0.39 is 0 Å². The SMILES string of the molecule is CCOc1ccccc1C(NN)C1(OC)CCC(C)CC1. The first-order valence-electron chi connectivity index (χ1n) is 7.90. The van der Waals surface area contributed by atoms with Crippen molar-refractivity contribution in [3.63, 3.8) is 0 Å². The fourth-order valence-electron chi connectivity index (χ4n) is 3.39. The highest BCUT2D eigenvalue weighted by Gasteiger charge is 2.42. The lowest BCUT2D eigenvalue weighted by Crippen LogP contribution is -2.50. The molecule has 0 aliphatic heterocycles. The Morgan fingerprint density at radius 1 is 1.33 bits per heavy atom. The quantitative estimate of drug-likeness (QED) is 0.624. The predicted molar refractivity (Wildman–Crippen MR) is 85.0 cm³/mol. The van der Waals surface area contributed by atoms with Crippen molar-refractivity contribution in [2.75, 3.05) is 13.7 Å². The van der Waals surface area contributed by atoms with Gasteiger partial charge in [0.15, 0.2) is 0 Å². The van der Waals surface area contributed by atoms with Crippen LogP contribution in [0.5, 0.6) is 5.75 Å².